The smallest absolute Gasteiger partial charge is 0.0599 e. The topological polar surface area (TPSA) is 40.5 Å². The lowest BCUT2D eigenvalue weighted by Gasteiger charge is -2.61. The summed E-state index contributed by atoms with van der Waals surface area (Å²) in [5.74, 6) is 2.92. The summed E-state index contributed by atoms with van der Waals surface area (Å²) in [7, 11) is 0. The van der Waals surface area contributed by atoms with Crippen LogP contribution >= 0.6 is 0 Å². The molecule has 4 saturated carbocycles. The van der Waals surface area contributed by atoms with E-state index in [1.165, 1.54) is 44.9 Å². The van der Waals surface area contributed by atoms with Gasteiger partial charge in [0.05, 0.1) is 12.2 Å². The maximum Gasteiger partial charge on any atom is 0.0599 e. The molecule has 4 aliphatic carbocycles. The van der Waals surface area contributed by atoms with E-state index in [0.29, 0.717) is 11.8 Å². The highest BCUT2D eigenvalue weighted by Crippen LogP contribution is 2.66. The number of rotatable bonds is 0. The predicted octanol–water partition coefficient (Wildman–Crippen LogP) is 3.75. The van der Waals surface area contributed by atoms with Gasteiger partial charge in [0.1, 0.15) is 0 Å². The molecule has 120 valence electrons. The fraction of sp³-hybridized carbons (Fsp3) is 1.00. The molecule has 0 radical (unpaired) electrons. The largest absolute Gasteiger partial charge is 0.393 e. The third-order valence-electron chi connectivity index (χ3n) is 8.66. The van der Waals surface area contributed by atoms with Crippen LogP contribution in [0.4, 0.5) is 0 Å². The predicted molar refractivity (Wildman–Crippen MR) is 83.7 cm³/mol. The number of aliphatic hydroxyl groups excluding tert-OH is 2. The molecule has 0 aromatic carbocycles. The highest BCUT2D eigenvalue weighted by molar-refractivity contribution is 5.10. The van der Waals surface area contributed by atoms with Gasteiger partial charge >= 0.3 is 0 Å². The Labute approximate surface area is 129 Å². The lowest BCUT2D eigenvalue weighted by molar-refractivity contribution is -0.166. The zero-order chi connectivity index (χ0) is 14.8. The second kappa shape index (κ2) is 4.71. The van der Waals surface area contributed by atoms with Crippen molar-refractivity contribution in [2.45, 2.75) is 83.8 Å². The van der Waals surface area contributed by atoms with Crippen LogP contribution in [-0.2, 0) is 0 Å². The zero-order valence-corrected chi connectivity index (χ0v) is 13.7. The van der Waals surface area contributed by atoms with Crippen molar-refractivity contribution in [3.8, 4) is 0 Å². The number of aliphatic hydroxyl groups is 2. The minimum atomic E-state index is -0.0836. The van der Waals surface area contributed by atoms with Crippen LogP contribution in [0.25, 0.3) is 0 Å². The van der Waals surface area contributed by atoms with Crippen LogP contribution < -0.4 is 0 Å². The van der Waals surface area contributed by atoms with Crippen molar-refractivity contribution in [3.05, 3.63) is 0 Å². The summed E-state index contributed by atoms with van der Waals surface area (Å²) in [6.45, 7) is 4.75. The van der Waals surface area contributed by atoms with E-state index in [1.54, 1.807) is 0 Å². The lowest BCUT2D eigenvalue weighted by Crippen LogP contribution is -2.57. The molecular weight excluding hydrogens is 260 g/mol. The summed E-state index contributed by atoms with van der Waals surface area (Å²) < 4.78 is 0. The Morgan fingerprint density at radius 1 is 0.762 bits per heavy atom. The summed E-state index contributed by atoms with van der Waals surface area (Å²) in [5.41, 5.74) is 0.333. The van der Waals surface area contributed by atoms with E-state index in [-0.39, 0.29) is 23.0 Å². The van der Waals surface area contributed by atoms with E-state index < -0.39 is 0 Å². The molecule has 0 unspecified atom stereocenters. The van der Waals surface area contributed by atoms with Crippen LogP contribution in [0.1, 0.15) is 71.6 Å². The van der Waals surface area contributed by atoms with E-state index in [1.807, 2.05) is 0 Å². The third-order valence-corrected chi connectivity index (χ3v) is 8.66. The molecule has 4 fully saturated rings. The Bertz CT molecular complexity index is 422. The number of hydrogen-bond acceptors (Lipinski definition) is 2. The molecule has 4 rings (SSSR count). The van der Waals surface area contributed by atoms with Gasteiger partial charge in [-0.2, -0.15) is 0 Å². The van der Waals surface area contributed by atoms with E-state index >= 15 is 0 Å². The Morgan fingerprint density at radius 2 is 1.57 bits per heavy atom. The van der Waals surface area contributed by atoms with Crippen LogP contribution in [-0.4, -0.2) is 22.4 Å². The van der Waals surface area contributed by atoms with E-state index in [0.717, 1.165) is 24.7 Å². The molecule has 8 atom stereocenters. The summed E-state index contributed by atoms with van der Waals surface area (Å²) >= 11 is 0. The van der Waals surface area contributed by atoms with Crippen molar-refractivity contribution >= 4 is 0 Å². The van der Waals surface area contributed by atoms with E-state index in [9.17, 15) is 10.2 Å². The Kier molecular flexibility index (Phi) is 3.25. The first-order valence-electron chi connectivity index (χ1n) is 9.34. The van der Waals surface area contributed by atoms with Crippen molar-refractivity contribution in [1.29, 1.82) is 0 Å². The highest BCUT2D eigenvalue weighted by atomic mass is 16.3. The summed E-state index contributed by atoms with van der Waals surface area (Å²) in [4.78, 5) is 0. The van der Waals surface area contributed by atoms with Gasteiger partial charge in [0.2, 0.25) is 0 Å². The third kappa shape index (κ3) is 1.78. The van der Waals surface area contributed by atoms with Gasteiger partial charge in [0.15, 0.2) is 0 Å². The fourth-order valence-electron chi connectivity index (χ4n) is 7.29. The van der Waals surface area contributed by atoms with Gasteiger partial charge < -0.3 is 10.2 Å². The lowest BCUT2D eigenvalue weighted by atomic mass is 9.44. The van der Waals surface area contributed by atoms with E-state index in [2.05, 4.69) is 13.8 Å². The average molecular weight is 292 g/mol. The van der Waals surface area contributed by atoms with Gasteiger partial charge in [-0.05, 0) is 85.9 Å². The van der Waals surface area contributed by atoms with Gasteiger partial charge in [-0.1, -0.05) is 20.3 Å². The first-order valence-corrected chi connectivity index (χ1v) is 9.34. The standard InChI is InChI=1S/C19H32O2/c1-18-11-10-15-13(14(18)8-9-16(18)20)7-6-12-4-3-5-17(21)19(12,15)2/h12-17,20-21H,3-11H2,1-2H3/t12-,13+,14+,15+,16+,17+,18+,19+/m1/s1. The molecule has 0 aromatic rings. The molecule has 0 aromatic heterocycles. The number of fused-ring (bicyclic) bond motifs is 5. The minimum absolute atomic E-state index is 0.0785. The van der Waals surface area contributed by atoms with Crippen LogP contribution in [0, 0.1) is 34.5 Å². The highest BCUT2D eigenvalue weighted by Gasteiger charge is 2.61. The molecule has 0 saturated heterocycles. The molecule has 0 bridgehead atoms. The Morgan fingerprint density at radius 3 is 2.38 bits per heavy atom. The number of hydrogen-bond donors (Lipinski definition) is 2. The maximum absolute atomic E-state index is 10.8. The first kappa shape index (κ1) is 14.5. The molecular formula is C19H32O2. The molecule has 0 aliphatic heterocycles. The summed E-state index contributed by atoms with van der Waals surface area (Å²) in [6, 6.07) is 0. The van der Waals surface area contributed by atoms with Crippen LogP contribution in [0.5, 0.6) is 0 Å². The minimum Gasteiger partial charge on any atom is -0.393 e. The first-order chi connectivity index (χ1) is 9.98. The summed E-state index contributed by atoms with van der Waals surface area (Å²) in [6.07, 6.45) is 10.7. The molecule has 0 spiro atoms. The van der Waals surface area contributed by atoms with Gasteiger partial charge in [0.25, 0.3) is 0 Å². The average Bonchev–Trinajstić information content (AvgIpc) is 2.76. The molecule has 4 aliphatic rings. The normalized spacial score (nSPS) is 60.0. The molecule has 2 N–H and O–H groups in total. The maximum atomic E-state index is 10.8. The Hall–Kier alpha value is -0.0800. The molecule has 2 nitrogen and oxygen atoms in total. The van der Waals surface area contributed by atoms with Crippen LogP contribution in [0.3, 0.4) is 0 Å². The van der Waals surface area contributed by atoms with Crippen molar-refractivity contribution in [3.63, 3.8) is 0 Å². The van der Waals surface area contributed by atoms with Gasteiger partial charge in [0, 0.05) is 0 Å². The van der Waals surface area contributed by atoms with Gasteiger partial charge in [-0.25, -0.2) is 0 Å². The second-order valence-corrected chi connectivity index (χ2v) is 9.10. The van der Waals surface area contributed by atoms with Crippen LogP contribution in [0.2, 0.25) is 0 Å². The SMILES string of the molecule is C[C@]12CC[C@H]3[C@@H](CC[C@H]4CCC[C@H](O)[C@@]43C)[C@@H]1CC[C@@H]2O. The second-order valence-electron chi connectivity index (χ2n) is 9.10. The van der Waals surface area contributed by atoms with Crippen molar-refractivity contribution in [2.24, 2.45) is 34.5 Å². The monoisotopic (exact) mass is 292 g/mol. The van der Waals surface area contributed by atoms with Crippen molar-refractivity contribution < 1.29 is 10.2 Å². The molecule has 0 amide bonds. The van der Waals surface area contributed by atoms with E-state index in [4.69, 9.17) is 0 Å². The quantitative estimate of drug-likeness (QED) is 0.714. The van der Waals surface area contributed by atoms with Gasteiger partial charge in [-0.3, -0.25) is 0 Å². The fourth-order valence-corrected chi connectivity index (χ4v) is 7.29. The van der Waals surface area contributed by atoms with Gasteiger partial charge in [-0.15, -0.1) is 0 Å². The van der Waals surface area contributed by atoms with Crippen molar-refractivity contribution in [2.75, 3.05) is 0 Å². The molecule has 0 heterocycles. The summed E-state index contributed by atoms with van der Waals surface area (Å²) in [5, 5.41) is 21.3. The molecule has 2 heteroatoms. The zero-order valence-electron chi connectivity index (χ0n) is 13.7. The molecule has 21 heavy (non-hydrogen) atoms. The van der Waals surface area contributed by atoms with Crippen molar-refractivity contribution in [1.82, 2.24) is 0 Å². The van der Waals surface area contributed by atoms with Crippen LogP contribution in [0.15, 0.2) is 0 Å². The Balaban J connectivity index is 1.67.